The number of ether oxygens (including phenoxy) is 1. The van der Waals surface area contributed by atoms with Gasteiger partial charge in [-0.05, 0) is 19.4 Å². The van der Waals surface area contributed by atoms with Crippen molar-refractivity contribution in [3.63, 3.8) is 0 Å². The molecule has 0 aliphatic carbocycles. The molecule has 1 aliphatic rings. The molecule has 24 heavy (non-hydrogen) atoms. The van der Waals surface area contributed by atoms with Crippen LogP contribution in [0.3, 0.4) is 0 Å². The van der Waals surface area contributed by atoms with Crippen molar-refractivity contribution in [1.29, 1.82) is 0 Å². The summed E-state index contributed by atoms with van der Waals surface area (Å²) in [4.78, 5) is 20.2. The summed E-state index contributed by atoms with van der Waals surface area (Å²) >= 11 is 1.49. The molecule has 6 heteroatoms. The van der Waals surface area contributed by atoms with E-state index in [4.69, 9.17) is 4.74 Å². The van der Waals surface area contributed by atoms with Crippen molar-refractivity contribution in [2.24, 2.45) is 0 Å². The Bertz CT molecular complexity index is 681. The van der Waals surface area contributed by atoms with Gasteiger partial charge in [-0.2, -0.15) is 0 Å². The van der Waals surface area contributed by atoms with Crippen LogP contribution in [0.15, 0.2) is 30.3 Å². The monoisotopic (exact) mass is 345 g/mol. The molecule has 1 aromatic carbocycles. The Kier molecular flexibility index (Phi) is 5.60. The molecule has 1 aliphatic heterocycles. The lowest BCUT2D eigenvalue weighted by molar-refractivity contribution is 0.0341. The number of carbonyl (C=O) groups excluding carboxylic acids is 1. The number of benzene rings is 1. The summed E-state index contributed by atoms with van der Waals surface area (Å²) in [6.45, 7) is 8.07. The van der Waals surface area contributed by atoms with Crippen molar-refractivity contribution in [2.45, 2.75) is 26.4 Å². The molecule has 0 spiro atoms. The van der Waals surface area contributed by atoms with E-state index in [0.29, 0.717) is 4.88 Å². The van der Waals surface area contributed by atoms with Crippen molar-refractivity contribution in [2.75, 3.05) is 26.3 Å². The van der Waals surface area contributed by atoms with Crippen LogP contribution in [-0.4, -0.2) is 42.1 Å². The third kappa shape index (κ3) is 4.20. The van der Waals surface area contributed by atoms with Crippen LogP contribution in [0, 0.1) is 6.92 Å². The molecule has 2 aromatic rings. The standard InChI is InChI=1S/C18H23N3O2S/c1-13(15-6-4-3-5-7-15)20-18(22)17-14(2)19-16(24-17)12-21-8-10-23-11-9-21/h3-7,13H,8-12H2,1-2H3,(H,20,22). The average Bonchev–Trinajstić information content (AvgIpc) is 2.97. The van der Waals surface area contributed by atoms with E-state index in [1.807, 2.05) is 44.2 Å². The predicted octanol–water partition coefficient (Wildman–Crippen LogP) is 2.77. The Balaban J connectivity index is 1.64. The molecular weight excluding hydrogens is 322 g/mol. The summed E-state index contributed by atoms with van der Waals surface area (Å²) in [5.41, 5.74) is 1.91. The molecule has 128 valence electrons. The lowest BCUT2D eigenvalue weighted by Crippen LogP contribution is -2.35. The zero-order valence-corrected chi connectivity index (χ0v) is 14.9. The summed E-state index contributed by atoms with van der Waals surface area (Å²) < 4.78 is 5.37. The van der Waals surface area contributed by atoms with Crippen LogP contribution in [0.5, 0.6) is 0 Å². The van der Waals surface area contributed by atoms with Gasteiger partial charge in [0.1, 0.15) is 9.88 Å². The maximum atomic E-state index is 12.6. The van der Waals surface area contributed by atoms with E-state index in [9.17, 15) is 4.79 Å². The maximum Gasteiger partial charge on any atom is 0.263 e. The fourth-order valence-corrected chi connectivity index (χ4v) is 3.78. The van der Waals surface area contributed by atoms with Gasteiger partial charge in [0.2, 0.25) is 0 Å². The van der Waals surface area contributed by atoms with Gasteiger partial charge >= 0.3 is 0 Å². The normalized spacial score (nSPS) is 16.8. The van der Waals surface area contributed by atoms with Crippen molar-refractivity contribution in [3.8, 4) is 0 Å². The number of aromatic nitrogens is 1. The number of carbonyl (C=O) groups is 1. The van der Waals surface area contributed by atoms with Crippen LogP contribution in [0.25, 0.3) is 0 Å². The largest absolute Gasteiger partial charge is 0.379 e. The van der Waals surface area contributed by atoms with Crippen LogP contribution in [-0.2, 0) is 11.3 Å². The van der Waals surface area contributed by atoms with Crippen molar-refractivity contribution < 1.29 is 9.53 Å². The van der Waals surface area contributed by atoms with Gasteiger partial charge in [0.25, 0.3) is 5.91 Å². The van der Waals surface area contributed by atoms with E-state index >= 15 is 0 Å². The summed E-state index contributed by atoms with van der Waals surface area (Å²) in [5.74, 6) is -0.0467. The highest BCUT2D eigenvalue weighted by atomic mass is 32.1. The number of thiazole rings is 1. The topological polar surface area (TPSA) is 54.5 Å². The zero-order chi connectivity index (χ0) is 16.9. The van der Waals surface area contributed by atoms with Gasteiger partial charge in [-0.1, -0.05) is 30.3 Å². The SMILES string of the molecule is Cc1nc(CN2CCOCC2)sc1C(=O)NC(C)c1ccccc1. The number of hydrogen-bond donors (Lipinski definition) is 1. The molecule has 1 fully saturated rings. The number of rotatable bonds is 5. The Morgan fingerprint density at radius 2 is 2.04 bits per heavy atom. The van der Waals surface area contributed by atoms with E-state index in [1.165, 1.54) is 11.3 Å². The molecule has 1 unspecified atom stereocenters. The van der Waals surface area contributed by atoms with Gasteiger partial charge in [-0.3, -0.25) is 9.69 Å². The van der Waals surface area contributed by atoms with Crippen LogP contribution in [0.4, 0.5) is 0 Å². The Labute approximate surface area is 146 Å². The summed E-state index contributed by atoms with van der Waals surface area (Å²) in [6, 6.07) is 9.96. The average molecular weight is 345 g/mol. The van der Waals surface area contributed by atoms with Crippen LogP contribution < -0.4 is 5.32 Å². The minimum atomic E-state index is -0.0467. The second kappa shape index (κ2) is 7.88. The van der Waals surface area contributed by atoms with Crippen LogP contribution in [0.2, 0.25) is 0 Å². The third-order valence-electron chi connectivity index (χ3n) is 4.16. The molecule has 1 amide bonds. The molecule has 5 nitrogen and oxygen atoms in total. The van der Waals surface area contributed by atoms with E-state index < -0.39 is 0 Å². The number of morpholine rings is 1. The van der Waals surface area contributed by atoms with Crippen molar-refractivity contribution in [1.82, 2.24) is 15.2 Å². The van der Waals surface area contributed by atoms with Crippen molar-refractivity contribution >= 4 is 17.2 Å². The molecule has 0 saturated carbocycles. The highest BCUT2D eigenvalue weighted by Gasteiger charge is 2.19. The number of amides is 1. The molecule has 1 aromatic heterocycles. The fraction of sp³-hybridized carbons (Fsp3) is 0.444. The number of nitrogens with zero attached hydrogens (tertiary/aromatic N) is 2. The predicted molar refractivity (Wildman–Crippen MR) is 95.3 cm³/mol. The van der Waals surface area contributed by atoms with E-state index in [2.05, 4.69) is 15.2 Å². The highest BCUT2D eigenvalue weighted by molar-refractivity contribution is 7.13. The highest BCUT2D eigenvalue weighted by Crippen LogP contribution is 2.21. The summed E-state index contributed by atoms with van der Waals surface area (Å²) in [6.07, 6.45) is 0. The molecule has 1 atom stereocenters. The first kappa shape index (κ1) is 17.1. The fourth-order valence-electron chi connectivity index (χ4n) is 2.77. The van der Waals surface area contributed by atoms with Gasteiger partial charge in [-0.25, -0.2) is 4.98 Å². The first-order chi connectivity index (χ1) is 11.6. The van der Waals surface area contributed by atoms with Gasteiger partial charge in [0, 0.05) is 13.1 Å². The lowest BCUT2D eigenvalue weighted by Gasteiger charge is -2.25. The lowest BCUT2D eigenvalue weighted by atomic mass is 10.1. The second-order valence-electron chi connectivity index (χ2n) is 6.02. The summed E-state index contributed by atoms with van der Waals surface area (Å²) in [7, 11) is 0. The Morgan fingerprint density at radius 1 is 1.33 bits per heavy atom. The molecule has 3 rings (SSSR count). The smallest absolute Gasteiger partial charge is 0.263 e. The molecule has 2 heterocycles. The Morgan fingerprint density at radius 3 is 2.75 bits per heavy atom. The molecule has 1 N–H and O–H groups in total. The van der Waals surface area contributed by atoms with Crippen LogP contribution >= 0.6 is 11.3 Å². The van der Waals surface area contributed by atoms with E-state index in [1.54, 1.807) is 0 Å². The van der Waals surface area contributed by atoms with Gasteiger partial charge < -0.3 is 10.1 Å². The molecule has 0 bridgehead atoms. The quantitative estimate of drug-likeness (QED) is 0.905. The number of nitrogens with one attached hydrogen (secondary N) is 1. The Hall–Kier alpha value is -1.76. The number of hydrogen-bond acceptors (Lipinski definition) is 5. The minimum absolute atomic E-state index is 0.0251. The summed E-state index contributed by atoms with van der Waals surface area (Å²) in [5, 5.41) is 4.06. The molecular formula is C18H23N3O2S. The zero-order valence-electron chi connectivity index (χ0n) is 14.1. The van der Waals surface area contributed by atoms with Gasteiger partial charge in [0.15, 0.2) is 0 Å². The minimum Gasteiger partial charge on any atom is -0.379 e. The third-order valence-corrected chi connectivity index (χ3v) is 5.30. The second-order valence-corrected chi connectivity index (χ2v) is 7.10. The number of aryl methyl sites for hydroxylation is 1. The van der Waals surface area contributed by atoms with Crippen LogP contribution in [0.1, 0.15) is 38.9 Å². The van der Waals surface area contributed by atoms with Crippen molar-refractivity contribution in [3.05, 3.63) is 51.5 Å². The van der Waals surface area contributed by atoms with E-state index in [-0.39, 0.29) is 11.9 Å². The first-order valence-electron chi connectivity index (χ1n) is 8.25. The van der Waals surface area contributed by atoms with E-state index in [0.717, 1.165) is 49.1 Å². The molecule has 0 radical (unpaired) electrons. The molecule has 1 saturated heterocycles. The van der Waals surface area contributed by atoms with Gasteiger partial charge in [0.05, 0.1) is 31.5 Å². The maximum absolute atomic E-state index is 12.6. The van der Waals surface area contributed by atoms with Gasteiger partial charge in [-0.15, -0.1) is 11.3 Å². The first-order valence-corrected chi connectivity index (χ1v) is 9.07.